The summed E-state index contributed by atoms with van der Waals surface area (Å²) in [5, 5.41) is 0. The molecule has 0 saturated carbocycles. The van der Waals surface area contributed by atoms with E-state index in [1.54, 1.807) is 0 Å². The van der Waals surface area contributed by atoms with Crippen LogP contribution in [0.25, 0.3) is 0 Å². The van der Waals surface area contributed by atoms with Crippen LogP contribution >= 0.6 is 0 Å². The molecule has 0 fully saturated rings. The Bertz CT molecular complexity index is 61.1. The molecule has 0 bridgehead atoms. The second-order valence-electron chi connectivity index (χ2n) is 3.16. The molecular formula is C8H23NSi2. The largest absolute Gasteiger partial charge is 0.369 e. The molecule has 1 nitrogen and oxygen atoms in total. The minimum Gasteiger partial charge on any atom is -0.369 e. The number of hydrogen-bond donors (Lipinski definition) is 1. The molecule has 0 aromatic rings. The van der Waals surface area contributed by atoms with Gasteiger partial charge in [0.2, 0.25) is 0 Å². The van der Waals surface area contributed by atoms with Crippen molar-refractivity contribution < 1.29 is 0 Å². The summed E-state index contributed by atoms with van der Waals surface area (Å²) in [6, 6.07) is 2.97. The molecular weight excluding hydrogens is 166 g/mol. The predicted molar refractivity (Wildman–Crippen MR) is 59.7 cm³/mol. The summed E-state index contributed by atoms with van der Waals surface area (Å²) >= 11 is 0. The molecule has 0 aliphatic rings. The highest BCUT2D eigenvalue weighted by atomic mass is 28.3. The van der Waals surface area contributed by atoms with Gasteiger partial charge in [-0.1, -0.05) is 51.6 Å². The zero-order chi connectivity index (χ0) is 8.36. The topological polar surface area (TPSA) is 12.0 Å². The van der Waals surface area contributed by atoms with Gasteiger partial charge in [-0.05, 0) is 0 Å². The monoisotopic (exact) mass is 189 g/mol. The highest BCUT2D eigenvalue weighted by Crippen LogP contribution is 2.00. The van der Waals surface area contributed by atoms with Gasteiger partial charge in [-0.25, -0.2) is 0 Å². The normalized spacial score (nSPS) is 12.5. The van der Waals surface area contributed by atoms with Crippen LogP contribution in [-0.2, 0) is 0 Å². The first-order valence-electron chi connectivity index (χ1n) is 5.12. The van der Waals surface area contributed by atoms with Crippen LogP contribution in [0.15, 0.2) is 0 Å². The molecule has 0 radical (unpaired) electrons. The first-order chi connectivity index (χ1) is 5.41. The summed E-state index contributed by atoms with van der Waals surface area (Å²) in [6.07, 6.45) is 5.78. The Morgan fingerprint density at radius 2 is 1.82 bits per heavy atom. The Morgan fingerprint density at radius 1 is 1.00 bits per heavy atom. The van der Waals surface area contributed by atoms with Crippen molar-refractivity contribution in [2.45, 2.75) is 51.6 Å². The van der Waals surface area contributed by atoms with E-state index in [0.29, 0.717) is 0 Å². The number of rotatable bonds is 8. The quantitative estimate of drug-likeness (QED) is 0.447. The van der Waals surface area contributed by atoms with Gasteiger partial charge in [0.05, 0.1) is 19.4 Å². The van der Waals surface area contributed by atoms with Crippen molar-refractivity contribution in [1.82, 2.24) is 4.65 Å². The SMILES string of the molecule is CCCCCC[SiH2]N[SiH2]CC. The van der Waals surface area contributed by atoms with Crippen LogP contribution in [0.1, 0.15) is 39.5 Å². The van der Waals surface area contributed by atoms with E-state index in [1.807, 2.05) is 0 Å². The van der Waals surface area contributed by atoms with Crippen molar-refractivity contribution in [3.8, 4) is 0 Å². The van der Waals surface area contributed by atoms with Crippen molar-refractivity contribution in [2.75, 3.05) is 0 Å². The van der Waals surface area contributed by atoms with Crippen LogP contribution < -0.4 is 4.65 Å². The van der Waals surface area contributed by atoms with Crippen LogP contribution in [0.4, 0.5) is 0 Å². The smallest absolute Gasteiger partial charge is 0.0844 e. The van der Waals surface area contributed by atoms with Gasteiger partial charge in [0.25, 0.3) is 0 Å². The standard InChI is InChI=1S/C8H23NSi2/c1-3-5-6-7-8-11-9-10-4-2/h9H,3-8,10-11H2,1-2H3. The molecule has 3 heteroatoms. The Morgan fingerprint density at radius 3 is 2.45 bits per heavy atom. The van der Waals surface area contributed by atoms with Crippen LogP contribution in [0.5, 0.6) is 0 Å². The van der Waals surface area contributed by atoms with E-state index in [2.05, 4.69) is 18.5 Å². The summed E-state index contributed by atoms with van der Waals surface area (Å²) < 4.78 is 3.69. The summed E-state index contributed by atoms with van der Waals surface area (Å²) in [5.41, 5.74) is 0. The van der Waals surface area contributed by atoms with Gasteiger partial charge < -0.3 is 4.65 Å². The van der Waals surface area contributed by atoms with Crippen LogP contribution in [0, 0.1) is 0 Å². The molecule has 0 amide bonds. The Kier molecular flexibility index (Phi) is 10.8. The lowest BCUT2D eigenvalue weighted by molar-refractivity contribution is 0.699. The number of unbranched alkanes of at least 4 members (excludes halogenated alkanes) is 3. The Labute approximate surface area is 76.2 Å². The summed E-state index contributed by atoms with van der Waals surface area (Å²) in [4.78, 5) is 0. The fraction of sp³-hybridized carbons (Fsp3) is 1.00. The number of nitrogens with one attached hydrogen (secondary N) is 1. The number of hydrogen-bond acceptors (Lipinski definition) is 1. The molecule has 0 spiro atoms. The third-order valence-corrected chi connectivity index (χ3v) is 6.07. The minimum absolute atomic E-state index is 0.184. The molecule has 68 valence electrons. The lowest BCUT2D eigenvalue weighted by Crippen LogP contribution is -2.22. The van der Waals surface area contributed by atoms with E-state index < -0.39 is 0 Å². The van der Waals surface area contributed by atoms with Crippen molar-refractivity contribution in [3.63, 3.8) is 0 Å². The molecule has 0 aromatic heterocycles. The maximum absolute atomic E-state index is 3.69. The van der Waals surface area contributed by atoms with Gasteiger partial charge >= 0.3 is 0 Å². The average molecular weight is 189 g/mol. The first kappa shape index (κ1) is 11.4. The third kappa shape index (κ3) is 10.4. The van der Waals surface area contributed by atoms with E-state index in [-0.39, 0.29) is 19.4 Å². The van der Waals surface area contributed by atoms with Crippen LogP contribution in [0.2, 0.25) is 12.1 Å². The molecule has 1 N–H and O–H groups in total. The maximum Gasteiger partial charge on any atom is 0.0844 e. The zero-order valence-corrected chi connectivity index (χ0v) is 11.0. The summed E-state index contributed by atoms with van der Waals surface area (Å²) in [6.45, 7) is 4.57. The molecule has 0 saturated heterocycles. The molecule has 0 rings (SSSR count). The predicted octanol–water partition coefficient (Wildman–Crippen LogP) is 1.18. The molecule has 0 aliphatic carbocycles. The van der Waals surface area contributed by atoms with Gasteiger partial charge in [-0.2, -0.15) is 0 Å². The molecule has 0 unspecified atom stereocenters. The van der Waals surface area contributed by atoms with E-state index in [1.165, 1.54) is 37.8 Å². The van der Waals surface area contributed by atoms with Crippen molar-refractivity contribution >= 4 is 19.4 Å². The maximum atomic E-state index is 3.69. The van der Waals surface area contributed by atoms with Gasteiger partial charge in [0, 0.05) is 0 Å². The van der Waals surface area contributed by atoms with Crippen LogP contribution in [0.3, 0.4) is 0 Å². The highest BCUT2D eigenvalue weighted by molar-refractivity contribution is 6.50. The van der Waals surface area contributed by atoms with E-state index in [0.717, 1.165) is 0 Å². The fourth-order valence-corrected chi connectivity index (χ4v) is 5.17. The van der Waals surface area contributed by atoms with E-state index in [4.69, 9.17) is 0 Å². The molecule has 0 heterocycles. The van der Waals surface area contributed by atoms with Crippen molar-refractivity contribution in [2.24, 2.45) is 0 Å². The Balaban J connectivity index is 2.69. The van der Waals surface area contributed by atoms with Gasteiger partial charge in [0.15, 0.2) is 0 Å². The van der Waals surface area contributed by atoms with Gasteiger partial charge in [-0.3, -0.25) is 0 Å². The highest BCUT2D eigenvalue weighted by Gasteiger charge is 1.88. The van der Waals surface area contributed by atoms with Crippen LogP contribution in [-0.4, -0.2) is 19.4 Å². The second kappa shape index (κ2) is 10.4. The lowest BCUT2D eigenvalue weighted by atomic mass is 10.2. The van der Waals surface area contributed by atoms with Crippen molar-refractivity contribution in [3.05, 3.63) is 0 Å². The molecule has 11 heavy (non-hydrogen) atoms. The van der Waals surface area contributed by atoms with E-state index >= 15 is 0 Å². The minimum atomic E-state index is 0.184. The summed E-state index contributed by atoms with van der Waals surface area (Å²) in [7, 11) is 0.378. The third-order valence-electron chi connectivity index (χ3n) is 1.88. The molecule has 0 aliphatic heterocycles. The zero-order valence-electron chi connectivity index (χ0n) is 8.16. The lowest BCUT2D eigenvalue weighted by Gasteiger charge is -2.00. The summed E-state index contributed by atoms with van der Waals surface area (Å²) in [5.74, 6) is 0. The van der Waals surface area contributed by atoms with E-state index in [9.17, 15) is 0 Å². The van der Waals surface area contributed by atoms with Gasteiger partial charge in [-0.15, -0.1) is 0 Å². The molecule has 0 aromatic carbocycles. The van der Waals surface area contributed by atoms with Crippen molar-refractivity contribution in [1.29, 1.82) is 0 Å². The fourth-order valence-electron chi connectivity index (χ4n) is 1.16. The first-order valence-corrected chi connectivity index (χ1v) is 8.54. The molecule has 0 atom stereocenters. The average Bonchev–Trinajstić information content (AvgIpc) is 2.03. The Hall–Kier alpha value is 0.394. The second-order valence-corrected chi connectivity index (χ2v) is 7.87. The van der Waals surface area contributed by atoms with Gasteiger partial charge in [0.1, 0.15) is 0 Å².